The normalized spacial score (nSPS) is 12.1. The fourth-order valence-electron chi connectivity index (χ4n) is 1.14. The summed E-state index contributed by atoms with van der Waals surface area (Å²) in [5, 5.41) is 0. The maximum atomic E-state index is 12.4. The van der Waals surface area contributed by atoms with E-state index in [1.54, 1.807) is 0 Å². The molecule has 0 aromatic carbocycles. The van der Waals surface area contributed by atoms with E-state index < -0.39 is 31.5 Å². The monoisotopic (exact) mass is 257 g/mol. The number of halogens is 3. The summed E-state index contributed by atoms with van der Waals surface area (Å²) < 4.78 is 46.7. The number of alkyl halides is 2. The molecule has 0 fully saturated rings. The average molecular weight is 258 g/mol. The van der Waals surface area contributed by atoms with Crippen LogP contribution in [0.1, 0.15) is 17.6 Å². The van der Waals surface area contributed by atoms with E-state index in [-0.39, 0.29) is 5.56 Å². The Hall–Kier alpha value is -0.950. The number of hydrogen-bond donors (Lipinski definition) is 1. The van der Waals surface area contributed by atoms with Gasteiger partial charge >= 0.3 is 0 Å². The van der Waals surface area contributed by atoms with Gasteiger partial charge in [-0.05, 0) is 12.5 Å². The molecule has 0 spiro atoms. The molecule has 8 heteroatoms. The van der Waals surface area contributed by atoms with Crippen molar-refractivity contribution in [2.75, 3.05) is 0 Å². The van der Waals surface area contributed by atoms with Crippen molar-refractivity contribution in [2.24, 2.45) is 0 Å². The highest BCUT2D eigenvalue weighted by Crippen LogP contribution is 2.25. The van der Waals surface area contributed by atoms with Crippen LogP contribution in [0.15, 0.2) is 15.9 Å². The molecular formula is C7H6ClF2NO3S. The standard InChI is InChI=1S/C7H6ClF2NO3S/c1-3-4(15(8,13)14)2-11-7(12)5(3)6(9)10/h2,6H,1H3,(H,11,12). The fourth-order valence-corrected chi connectivity index (χ4v) is 2.29. The molecule has 0 bridgehead atoms. The lowest BCUT2D eigenvalue weighted by molar-refractivity contribution is 0.148. The first kappa shape index (κ1) is 12.1. The molecule has 84 valence electrons. The first-order valence-corrected chi connectivity index (χ1v) is 6.01. The lowest BCUT2D eigenvalue weighted by Crippen LogP contribution is -2.17. The number of nitrogens with one attached hydrogen (secondary N) is 1. The Kier molecular flexibility index (Phi) is 3.15. The van der Waals surface area contributed by atoms with Crippen molar-refractivity contribution < 1.29 is 17.2 Å². The zero-order valence-corrected chi connectivity index (χ0v) is 8.99. The first-order chi connectivity index (χ1) is 6.75. The fraction of sp³-hybridized carbons (Fsp3) is 0.286. The molecule has 1 rings (SSSR count). The van der Waals surface area contributed by atoms with Gasteiger partial charge in [-0.1, -0.05) is 0 Å². The van der Waals surface area contributed by atoms with Gasteiger partial charge in [-0.2, -0.15) is 0 Å². The van der Waals surface area contributed by atoms with Crippen LogP contribution in [-0.2, 0) is 9.05 Å². The molecule has 0 atom stereocenters. The highest BCUT2D eigenvalue weighted by Gasteiger charge is 2.22. The maximum Gasteiger partial charge on any atom is 0.269 e. The summed E-state index contributed by atoms with van der Waals surface area (Å²) >= 11 is 0. The highest BCUT2D eigenvalue weighted by molar-refractivity contribution is 8.13. The van der Waals surface area contributed by atoms with Crippen molar-refractivity contribution in [3.63, 3.8) is 0 Å². The molecule has 0 radical (unpaired) electrons. The number of hydrogen-bond acceptors (Lipinski definition) is 3. The molecular weight excluding hydrogens is 252 g/mol. The molecule has 0 aliphatic carbocycles. The molecule has 0 aliphatic rings. The van der Waals surface area contributed by atoms with Crippen LogP contribution in [-0.4, -0.2) is 13.4 Å². The molecule has 15 heavy (non-hydrogen) atoms. The molecule has 0 saturated heterocycles. The van der Waals surface area contributed by atoms with Gasteiger partial charge in [-0.25, -0.2) is 17.2 Å². The highest BCUT2D eigenvalue weighted by atomic mass is 35.7. The van der Waals surface area contributed by atoms with Crippen LogP contribution in [0.5, 0.6) is 0 Å². The van der Waals surface area contributed by atoms with E-state index in [4.69, 9.17) is 10.7 Å². The second-order valence-corrected chi connectivity index (χ2v) is 5.29. The largest absolute Gasteiger partial charge is 0.327 e. The third-order valence-electron chi connectivity index (χ3n) is 1.83. The minimum absolute atomic E-state index is 0.330. The van der Waals surface area contributed by atoms with Crippen LogP contribution >= 0.6 is 10.7 Å². The van der Waals surface area contributed by atoms with E-state index >= 15 is 0 Å². The van der Waals surface area contributed by atoms with Crippen molar-refractivity contribution in [3.8, 4) is 0 Å². The van der Waals surface area contributed by atoms with Crippen LogP contribution < -0.4 is 5.56 Å². The van der Waals surface area contributed by atoms with Gasteiger partial charge in [0.15, 0.2) is 0 Å². The lowest BCUT2D eigenvalue weighted by atomic mass is 10.2. The SMILES string of the molecule is Cc1c(S(=O)(=O)Cl)c[nH]c(=O)c1C(F)F. The average Bonchev–Trinajstić information content (AvgIpc) is 2.00. The topological polar surface area (TPSA) is 67.0 Å². The summed E-state index contributed by atoms with van der Waals surface area (Å²) in [6.45, 7) is 1.10. The van der Waals surface area contributed by atoms with Crippen molar-refractivity contribution in [2.45, 2.75) is 18.2 Å². The summed E-state index contributed by atoms with van der Waals surface area (Å²) in [4.78, 5) is 12.4. The molecule has 1 aromatic heterocycles. The summed E-state index contributed by atoms with van der Waals surface area (Å²) in [5.41, 5.74) is -2.23. The van der Waals surface area contributed by atoms with Crippen LogP contribution in [0.2, 0.25) is 0 Å². The third-order valence-corrected chi connectivity index (χ3v) is 3.28. The first-order valence-electron chi connectivity index (χ1n) is 3.70. The van der Waals surface area contributed by atoms with Crippen molar-refractivity contribution >= 4 is 19.7 Å². The van der Waals surface area contributed by atoms with Gasteiger partial charge in [0, 0.05) is 16.9 Å². The lowest BCUT2D eigenvalue weighted by Gasteiger charge is -2.06. The Labute approximate surface area is 88.3 Å². The van der Waals surface area contributed by atoms with Crippen molar-refractivity contribution in [1.29, 1.82) is 0 Å². The zero-order valence-electron chi connectivity index (χ0n) is 7.42. The Bertz CT molecular complexity index is 538. The van der Waals surface area contributed by atoms with Crippen LogP contribution in [0.25, 0.3) is 0 Å². The van der Waals surface area contributed by atoms with E-state index in [9.17, 15) is 22.0 Å². The Morgan fingerprint density at radius 2 is 2.00 bits per heavy atom. The Morgan fingerprint density at radius 1 is 1.47 bits per heavy atom. The second kappa shape index (κ2) is 3.90. The van der Waals surface area contributed by atoms with Crippen LogP contribution in [0.3, 0.4) is 0 Å². The van der Waals surface area contributed by atoms with Crippen LogP contribution in [0, 0.1) is 6.92 Å². The third kappa shape index (κ3) is 2.35. The summed E-state index contributed by atoms with van der Waals surface area (Å²) in [6, 6.07) is 0. The molecule has 1 aromatic rings. The van der Waals surface area contributed by atoms with Crippen LogP contribution in [0.4, 0.5) is 8.78 Å². The molecule has 0 unspecified atom stereocenters. The number of aromatic nitrogens is 1. The molecule has 1 heterocycles. The summed E-state index contributed by atoms with van der Waals surface area (Å²) in [7, 11) is 0.861. The van der Waals surface area contributed by atoms with E-state index in [2.05, 4.69) is 0 Å². The van der Waals surface area contributed by atoms with Gasteiger partial charge in [0.2, 0.25) is 0 Å². The van der Waals surface area contributed by atoms with Gasteiger partial charge in [0.1, 0.15) is 4.90 Å². The van der Waals surface area contributed by atoms with E-state index in [0.29, 0.717) is 0 Å². The quantitative estimate of drug-likeness (QED) is 0.818. The summed E-state index contributed by atoms with van der Waals surface area (Å²) in [6.07, 6.45) is -2.25. The Balaban J connectivity index is 3.64. The van der Waals surface area contributed by atoms with Gasteiger partial charge in [-0.15, -0.1) is 0 Å². The zero-order chi connectivity index (χ0) is 11.8. The Morgan fingerprint density at radius 3 is 2.40 bits per heavy atom. The molecule has 0 aliphatic heterocycles. The van der Waals surface area contributed by atoms with Gasteiger partial charge < -0.3 is 4.98 Å². The van der Waals surface area contributed by atoms with E-state index in [1.807, 2.05) is 4.98 Å². The molecule has 4 nitrogen and oxygen atoms in total. The number of pyridine rings is 1. The predicted molar refractivity (Wildman–Crippen MR) is 49.8 cm³/mol. The second-order valence-electron chi connectivity index (χ2n) is 2.76. The van der Waals surface area contributed by atoms with Crippen molar-refractivity contribution in [1.82, 2.24) is 4.98 Å². The van der Waals surface area contributed by atoms with E-state index in [0.717, 1.165) is 13.1 Å². The molecule has 0 amide bonds. The minimum Gasteiger partial charge on any atom is -0.327 e. The maximum absolute atomic E-state index is 12.4. The molecule has 0 saturated carbocycles. The van der Waals surface area contributed by atoms with Gasteiger partial charge in [0.05, 0.1) is 5.56 Å². The van der Waals surface area contributed by atoms with Gasteiger partial charge in [0.25, 0.3) is 21.0 Å². The van der Waals surface area contributed by atoms with Crippen molar-refractivity contribution in [3.05, 3.63) is 27.7 Å². The molecule has 1 N–H and O–H groups in total. The number of rotatable bonds is 2. The van der Waals surface area contributed by atoms with E-state index in [1.165, 1.54) is 0 Å². The number of aromatic amines is 1. The predicted octanol–water partition coefficient (Wildman–Crippen LogP) is 1.55. The number of H-pyrrole nitrogens is 1. The van der Waals surface area contributed by atoms with Gasteiger partial charge in [-0.3, -0.25) is 4.79 Å². The summed E-state index contributed by atoms with van der Waals surface area (Å²) in [5.74, 6) is 0. The minimum atomic E-state index is -4.14. The smallest absolute Gasteiger partial charge is 0.269 e.